The summed E-state index contributed by atoms with van der Waals surface area (Å²) in [4.78, 5) is 12.6. The summed E-state index contributed by atoms with van der Waals surface area (Å²) in [6.07, 6.45) is 25.1. The summed E-state index contributed by atoms with van der Waals surface area (Å²) in [5.41, 5.74) is -0.471. The van der Waals surface area contributed by atoms with Crippen LogP contribution in [-0.4, -0.2) is 11.1 Å². The molecule has 0 fully saturated rings. The van der Waals surface area contributed by atoms with Gasteiger partial charge in [-0.2, -0.15) is 0 Å². The van der Waals surface area contributed by atoms with E-state index in [2.05, 4.69) is 27.7 Å². The van der Waals surface area contributed by atoms with Gasteiger partial charge in [-0.15, -0.1) is 0 Å². The van der Waals surface area contributed by atoms with E-state index in [1.165, 1.54) is 103 Å². The fraction of sp³-hybridized carbons (Fsp3) is 0.964. The third-order valence-electron chi connectivity index (χ3n) is 7.08. The standard InChI is InChI=1S/C28H56O2/c1-5-9-13-16-17-20-24-28(27(29)30,23-19-15-11-7-3)25-26(21-12-8-4)22-18-14-10-6-2/h26H,5-25H2,1-4H3,(H,29,30). The fourth-order valence-electron chi connectivity index (χ4n) is 5.02. The minimum atomic E-state index is -0.498. The predicted octanol–water partition coefficient (Wildman–Crippen LogP) is 9.95. The Labute approximate surface area is 190 Å². The molecular formula is C28H56O2. The molecule has 0 aliphatic heterocycles. The molecule has 2 atom stereocenters. The van der Waals surface area contributed by atoms with Crippen molar-refractivity contribution >= 4 is 5.97 Å². The van der Waals surface area contributed by atoms with Gasteiger partial charge in [0.2, 0.25) is 0 Å². The summed E-state index contributed by atoms with van der Waals surface area (Å²) in [5.74, 6) is 0.104. The van der Waals surface area contributed by atoms with Gasteiger partial charge >= 0.3 is 5.97 Å². The molecule has 30 heavy (non-hydrogen) atoms. The van der Waals surface area contributed by atoms with E-state index in [4.69, 9.17) is 0 Å². The number of carboxylic acid groups (broad SMARTS) is 1. The summed E-state index contributed by atoms with van der Waals surface area (Å²) < 4.78 is 0. The molecule has 0 spiro atoms. The summed E-state index contributed by atoms with van der Waals surface area (Å²) in [6.45, 7) is 9.01. The Balaban J connectivity index is 5.05. The molecule has 0 aromatic carbocycles. The number of hydrogen-bond donors (Lipinski definition) is 1. The molecule has 0 heterocycles. The lowest BCUT2D eigenvalue weighted by Gasteiger charge is -2.34. The van der Waals surface area contributed by atoms with Crippen LogP contribution in [0.15, 0.2) is 0 Å². The smallest absolute Gasteiger partial charge is 0.309 e. The topological polar surface area (TPSA) is 37.3 Å². The number of rotatable bonds is 23. The third kappa shape index (κ3) is 14.5. The van der Waals surface area contributed by atoms with Crippen LogP contribution in [0.1, 0.15) is 163 Å². The molecule has 0 aliphatic carbocycles. The molecule has 2 nitrogen and oxygen atoms in total. The predicted molar refractivity (Wildman–Crippen MR) is 133 cm³/mol. The molecule has 2 unspecified atom stereocenters. The lowest BCUT2D eigenvalue weighted by atomic mass is 9.70. The molecule has 0 saturated carbocycles. The lowest BCUT2D eigenvalue weighted by Crippen LogP contribution is -2.34. The summed E-state index contributed by atoms with van der Waals surface area (Å²) in [7, 11) is 0. The second-order valence-electron chi connectivity index (χ2n) is 9.98. The van der Waals surface area contributed by atoms with Crippen molar-refractivity contribution in [2.45, 2.75) is 163 Å². The second-order valence-corrected chi connectivity index (χ2v) is 9.98. The van der Waals surface area contributed by atoms with Crippen LogP contribution < -0.4 is 0 Å². The Morgan fingerprint density at radius 2 is 1.00 bits per heavy atom. The van der Waals surface area contributed by atoms with Crippen molar-refractivity contribution in [1.82, 2.24) is 0 Å². The van der Waals surface area contributed by atoms with Crippen molar-refractivity contribution < 1.29 is 9.90 Å². The SMILES string of the molecule is CCCCCCCCC(CCCCCC)(CC(CCCC)CCCCCC)C(=O)O. The largest absolute Gasteiger partial charge is 0.481 e. The maximum Gasteiger partial charge on any atom is 0.309 e. The van der Waals surface area contributed by atoms with Crippen LogP contribution >= 0.6 is 0 Å². The number of carboxylic acids is 1. The first-order valence-corrected chi connectivity index (χ1v) is 13.8. The summed E-state index contributed by atoms with van der Waals surface area (Å²) in [6, 6.07) is 0. The summed E-state index contributed by atoms with van der Waals surface area (Å²) >= 11 is 0. The minimum absolute atomic E-state index is 0.471. The molecular weight excluding hydrogens is 368 g/mol. The normalized spacial score (nSPS) is 14.5. The highest BCUT2D eigenvalue weighted by Gasteiger charge is 2.39. The van der Waals surface area contributed by atoms with E-state index in [-0.39, 0.29) is 0 Å². The van der Waals surface area contributed by atoms with Crippen molar-refractivity contribution in [3.63, 3.8) is 0 Å². The van der Waals surface area contributed by atoms with Crippen molar-refractivity contribution in [2.75, 3.05) is 0 Å². The summed E-state index contributed by atoms with van der Waals surface area (Å²) in [5, 5.41) is 10.4. The van der Waals surface area contributed by atoms with Gasteiger partial charge < -0.3 is 5.11 Å². The molecule has 0 bridgehead atoms. The van der Waals surface area contributed by atoms with E-state index in [0.717, 1.165) is 32.1 Å². The molecule has 0 aromatic rings. The third-order valence-corrected chi connectivity index (χ3v) is 7.08. The zero-order valence-corrected chi connectivity index (χ0v) is 21.3. The molecule has 2 heteroatoms. The molecule has 0 aromatic heterocycles. The second kappa shape index (κ2) is 20.4. The maximum absolute atomic E-state index is 12.6. The van der Waals surface area contributed by atoms with Crippen LogP contribution in [0.3, 0.4) is 0 Å². The van der Waals surface area contributed by atoms with Gasteiger partial charge in [-0.1, -0.05) is 143 Å². The Morgan fingerprint density at radius 3 is 1.50 bits per heavy atom. The van der Waals surface area contributed by atoms with E-state index in [1.54, 1.807) is 0 Å². The van der Waals surface area contributed by atoms with E-state index in [9.17, 15) is 9.90 Å². The molecule has 1 N–H and O–H groups in total. The Morgan fingerprint density at radius 1 is 0.600 bits per heavy atom. The Hall–Kier alpha value is -0.530. The van der Waals surface area contributed by atoms with Crippen LogP contribution in [0.2, 0.25) is 0 Å². The highest BCUT2D eigenvalue weighted by atomic mass is 16.4. The van der Waals surface area contributed by atoms with Crippen molar-refractivity contribution in [3.8, 4) is 0 Å². The Bertz CT molecular complexity index is 379. The number of hydrogen-bond acceptors (Lipinski definition) is 1. The van der Waals surface area contributed by atoms with Gasteiger partial charge in [-0.25, -0.2) is 0 Å². The van der Waals surface area contributed by atoms with Gasteiger partial charge in [0, 0.05) is 0 Å². The average molecular weight is 425 g/mol. The number of aliphatic carboxylic acids is 1. The van der Waals surface area contributed by atoms with Gasteiger partial charge in [0.1, 0.15) is 0 Å². The molecule has 0 saturated heterocycles. The van der Waals surface area contributed by atoms with Crippen LogP contribution in [0, 0.1) is 11.3 Å². The zero-order chi connectivity index (χ0) is 22.5. The monoisotopic (exact) mass is 424 g/mol. The molecule has 0 rings (SSSR count). The first-order valence-electron chi connectivity index (χ1n) is 13.8. The van der Waals surface area contributed by atoms with Gasteiger partial charge in [0.15, 0.2) is 0 Å². The van der Waals surface area contributed by atoms with Gasteiger partial charge in [0.05, 0.1) is 5.41 Å². The van der Waals surface area contributed by atoms with Gasteiger partial charge in [-0.05, 0) is 25.2 Å². The van der Waals surface area contributed by atoms with E-state index < -0.39 is 11.4 Å². The molecule has 0 aliphatic rings. The Kier molecular flexibility index (Phi) is 20.0. The molecule has 0 amide bonds. The van der Waals surface area contributed by atoms with Crippen LogP contribution in [-0.2, 0) is 4.79 Å². The fourth-order valence-corrected chi connectivity index (χ4v) is 5.02. The number of unbranched alkanes of at least 4 members (excludes halogenated alkanes) is 12. The van der Waals surface area contributed by atoms with E-state index in [1.807, 2.05) is 0 Å². The van der Waals surface area contributed by atoms with Crippen LogP contribution in [0.5, 0.6) is 0 Å². The molecule has 0 radical (unpaired) electrons. The van der Waals surface area contributed by atoms with Crippen molar-refractivity contribution in [1.29, 1.82) is 0 Å². The first-order chi connectivity index (χ1) is 14.6. The molecule has 180 valence electrons. The van der Waals surface area contributed by atoms with Gasteiger partial charge in [-0.3, -0.25) is 4.79 Å². The van der Waals surface area contributed by atoms with Gasteiger partial charge in [0.25, 0.3) is 0 Å². The zero-order valence-electron chi connectivity index (χ0n) is 21.3. The highest BCUT2D eigenvalue weighted by Crippen LogP contribution is 2.41. The minimum Gasteiger partial charge on any atom is -0.481 e. The van der Waals surface area contributed by atoms with Crippen molar-refractivity contribution in [2.24, 2.45) is 11.3 Å². The lowest BCUT2D eigenvalue weighted by molar-refractivity contribution is -0.151. The average Bonchev–Trinajstić information content (AvgIpc) is 2.74. The maximum atomic E-state index is 12.6. The quantitative estimate of drug-likeness (QED) is 0.166. The van der Waals surface area contributed by atoms with E-state index in [0.29, 0.717) is 5.92 Å². The van der Waals surface area contributed by atoms with Crippen LogP contribution in [0.25, 0.3) is 0 Å². The van der Waals surface area contributed by atoms with E-state index >= 15 is 0 Å². The van der Waals surface area contributed by atoms with Crippen LogP contribution in [0.4, 0.5) is 0 Å². The highest BCUT2D eigenvalue weighted by molar-refractivity contribution is 5.74. The number of carbonyl (C=O) groups is 1. The first kappa shape index (κ1) is 29.5. The van der Waals surface area contributed by atoms with Crippen molar-refractivity contribution in [3.05, 3.63) is 0 Å².